The third-order valence-electron chi connectivity index (χ3n) is 4.29. The maximum atomic E-state index is 6.26. The predicted molar refractivity (Wildman–Crippen MR) is 99.0 cm³/mol. The summed E-state index contributed by atoms with van der Waals surface area (Å²) in [5.41, 5.74) is 6.29. The van der Waals surface area contributed by atoms with Crippen LogP contribution in [0.4, 0.5) is 0 Å². The summed E-state index contributed by atoms with van der Waals surface area (Å²) in [7, 11) is 0. The third-order valence-corrected chi connectivity index (χ3v) is 4.53. The summed E-state index contributed by atoms with van der Waals surface area (Å²) in [6.45, 7) is 4.99. The average molecular weight is 327 g/mol. The Balaban J connectivity index is 1.97. The molecule has 3 heteroatoms. The van der Waals surface area contributed by atoms with Crippen LogP contribution in [-0.4, -0.2) is 25.3 Å². The number of aryl methyl sites for hydroxylation is 2. The van der Waals surface area contributed by atoms with Crippen LogP contribution in [0.2, 0.25) is 5.02 Å². The number of nitrogens with zero attached hydrogens (tertiary/aromatic N) is 1. The molecule has 0 radical (unpaired) electrons. The van der Waals surface area contributed by atoms with Gasteiger partial charge in [0.05, 0.1) is 5.71 Å². The van der Waals surface area contributed by atoms with E-state index in [1.807, 2.05) is 6.07 Å². The van der Waals surface area contributed by atoms with Gasteiger partial charge in [0, 0.05) is 22.7 Å². The van der Waals surface area contributed by atoms with Crippen molar-refractivity contribution in [3.05, 3.63) is 69.7 Å². The van der Waals surface area contributed by atoms with E-state index in [2.05, 4.69) is 48.6 Å². The maximum absolute atomic E-state index is 6.26. The summed E-state index contributed by atoms with van der Waals surface area (Å²) in [4.78, 5) is 4.96. The fourth-order valence-electron chi connectivity index (χ4n) is 3.11. The summed E-state index contributed by atoms with van der Waals surface area (Å²) in [5.74, 6) is 0. The highest BCUT2D eigenvalue weighted by Crippen LogP contribution is 2.27. The van der Waals surface area contributed by atoms with Gasteiger partial charge in [-0.3, -0.25) is 4.99 Å². The van der Waals surface area contributed by atoms with Crippen LogP contribution in [0.1, 0.15) is 35.6 Å². The molecule has 3 rings (SSSR count). The molecule has 1 N–H and O–H groups in total. The van der Waals surface area contributed by atoms with E-state index < -0.39 is 0 Å². The average Bonchev–Trinajstić information content (AvgIpc) is 2.72. The lowest BCUT2D eigenvalue weighted by molar-refractivity contribution is 0.680. The zero-order valence-corrected chi connectivity index (χ0v) is 14.4. The number of benzene rings is 2. The summed E-state index contributed by atoms with van der Waals surface area (Å²) in [6, 6.07) is 14.8. The summed E-state index contributed by atoms with van der Waals surface area (Å²) < 4.78 is 0. The molecular formula is C20H23ClN2. The second kappa shape index (κ2) is 7.76. The first-order valence-electron chi connectivity index (χ1n) is 8.42. The SMILES string of the molecule is CCNCCC/N=C1/c2ccccc2CCc2ccc(Cl)cc21. The summed E-state index contributed by atoms with van der Waals surface area (Å²) in [6.07, 6.45) is 3.15. The van der Waals surface area contributed by atoms with Crippen molar-refractivity contribution >= 4 is 17.3 Å². The number of hydrogen-bond acceptors (Lipinski definition) is 2. The van der Waals surface area contributed by atoms with Crippen LogP contribution >= 0.6 is 11.6 Å². The highest BCUT2D eigenvalue weighted by atomic mass is 35.5. The zero-order chi connectivity index (χ0) is 16.1. The monoisotopic (exact) mass is 326 g/mol. The Morgan fingerprint density at radius 1 is 1.04 bits per heavy atom. The van der Waals surface area contributed by atoms with Gasteiger partial charge in [0.1, 0.15) is 0 Å². The van der Waals surface area contributed by atoms with Crippen molar-refractivity contribution in [3.63, 3.8) is 0 Å². The van der Waals surface area contributed by atoms with Gasteiger partial charge in [-0.05, 0) is 55.6 Å². The van der Waals surface area contributed by atoms with Gasteiger partial charge in [-0.25, -0.2) is 0 Å². The van der Waals surface area contributed by atoms with Crippen molar-refractivity contribution in [3.8, 4) is 0 Å². The number of aliphatic imine (C=N–C) groups is 1. The molecular weight excluding hydrogens is 304 g/mol. The Bertz CT molecular complexity index is 707. The molecule has 120 valence electrons. The van der Waals surface area contributed by atoms with Crippen LogP contribution in [-0.2, 0) is 12.8 Å². The van der Waals surface area contributed by atoms with Gasteiger partial charge in [0.15, 0.2) is 0 Å². The lowest BCUT2D eigenvalue weighted by atomic mass is 9.98. The molecule has 2 aromatic carbocycles. The minimum Gasteiger partial charge on any atom is -0.317 e. The first-order chi connectivity index (χ1) is 11.3. The lowest BCUT2D eigenvalue weighted by Gasteiger charge is -2.11. The molecule has 1 aliphatic rings. The minimum atomic E-state index is 0.781. The maximum Gasteiger partial charge on any atom is 0.0724 e. The Morgan fingerprint density at radius 3 is 2.65 bits per heavy atom. The molecule has 0 unspecified atom stereocenters. The second-order valence-corrected chi connectivity index (χ2v) is 6.33. The van der Waals surface area contributed by atoms with E-state index in [9.17, 15) is 0 Å². The Morgan fingerprint density at radius 2 is 1.83 bits per heavy atom. The van der Waals surface area contributed by atoms with Crippen molar-refractivity contribution in [2.75, 3.05) is 19.6 Å². The van der Waals surface area contributed by atoms with Crippen LogP contribution in [0, 0.1) is 0 Å². The lowest BCUT2D eigenvalue weighted by Crippen LogP contribution is -2.15. The predicted octanol–water partition coefficient (Wildman–Crippen LogP) is 4.28. The van der Waals surface area contributed by atoms with Gasteiger partial charge in [0.2, 0.25) is 0 Å². The normalized spacial score (nSPS) is 15.1. The van der Waals surface area contributed by atoms with Crippen molar-refractivity contribution in [1.29, 1.82) is 0 Å². The van der Waals surface area contributed by atoms with Crippen LogP contribution in [0.25, 0.3) is 0 Å². The molecule has 23 heavy (non-hydrogen) atoms. The fourth-order valence-corrected chi connectivity index (χ4v) is 3.29. The second-order valence-electron chi connectivity index (χ2n) is 5.90. The van der Waals surface area contributed by atoms with Gasteiger partial charge < -0.3 is 5.32 Å². The first kappa shape index (κ1) is 16.2. The van der Waals surface area contributed by atoms with E-state index in [4.69, 9.17) is 16.6 Å². The smallest absolute Gasteiger partial charge is 0.0724 e. The molecule has 1 aliphatic carbocycles. The van der Waals surface area contributed by atoms with E-state index in [0.717, 1.165) is 49.6 Å². The quantitative estimate of drug-likeness (QED) is 0.815. The Labute approximate surface area is 143 Å². The molecule has 0 saturated heterocycles. The summed E-state index contributed by atoms with van der Waals surface area (Å²) in [5, 5.41) is 4.14. The molecule has 2 aromatic rings. The minimum absolute atomic E-state index is 0.781. The fraction of sp³-hybridized carbons (Fsp3) is 0.350. The van der Waals surface area contributed by atoms with Crippen molar-refractivity contribution in [1.82, 2.24) is 5.32 Å². The van der Waals surface area contributed by atoms with Gasteiger partial charge in [-0.1, -0.05) is 48.9 Å². The first-order valence-corrected chi connectivity index (χ1v) is 8.79. The number of fused-ring (bicyclic) bond motifs is 2. The number of hydrogen-bond donors (Lipinski definition) is 1. The summed E-state index contributed by atoms with van der Waals surface area (Å²) >= 11 is 6.26. The van der Waals surface area contributed by atoms with Crippen LogP contribution in [0.3, 0.4) is 0 Å². The van der Waals surface area contributed by atoms with Gasteiger partial charge >= 0.3 is 0 Å². The number of halogens is 1. The molecule has 0 heterocycles. The van der Waals surface area contributed by atoms with Crippen LogP contribution in [0.15, 0.2) is 47.5 Å². The molecule has 0 saturated carbocycles. The van der Waals surface area contributed by atoms with Gasteiger partial charge in [-0.15, -0.1) is 0 Å². The molecule has 0 spiro atoms. The number of rotatable bonds is 5. The molecule has 2 nitrogen and oxygen atoms in total. The molecule has 0 aliphatic heterocycles. The van der Waals surface area contributed by atoms with Crippen molar-refractivity contribution in [2.45, 2.75) is 26.2 Å². The van der Waals surface area contributed by atoms with Crippen LogP contribution in [0.5, 0.6) is 0 Å². The molecule has 0 fully saturated rings. The van der Waals surface area contributed by atoms with Crippen molar-refractivity contribution in [2.24, 2.45) is 4.99 Å². The van der Waals surface area contributed by atoms with E-state index in [-0.39, 0.29) is 0 Å². The van der Waals surface area contributed by atoms with Gasteiger partial charge in [0.25, 0.3) is 0 Å². The van der Waals surface area contributed by atoms with E-state index in [1.54, 1.807) is 0 Å². The van der Waals surface area contributed by atoms with Crippen LogP contribution < -0.4 is 5.32 Å². The molecule has 0 aromatic heterocycles. The standard InChI is InChI=1S/C20H23ClN2/c1-2-22-12-5-13-23-20-18-7-4-3-6-15(18)8-9-16-10-11-17(21)14-19(16)20/h3-4,6-7,10-11,14,22H,2,5,8-9,12-13H2,1H3/b23-20-. The highest BCUT2D eigenvalue weighted by Gasteiger charge is 2.19. The third kappa shape index (κ3) is 3.82. The van der Waals surface area contributed by atoms with E-state index >= 15 is 0 Å². The highest BCUT2D eigenvalue weighted by molar-refractivity contribution is 6.31. The topological polar surface area (TPSA) is 24.4 Å². The molecule has 0 atom stereocenters. The Kier molecular flexibility index (Phi) is 5.47. The molecule has 0 bridgehead atoms. The zero-order valence-electron chi connectivity index (χ0n) is 13.6. The number of nitrogens with one attached hydrogen (secondary N) is 1. The largest absolute Gasteiger partial charge is 0.317 e. The van der Waals surface area contributed by atoms with Crippen molar-refractivity contribution < 1.29 is 0 Å². The van der Waals surface area contributed by atoms with Gasteiger partial charge in [-0.2, -0.15) is 0 Å². The molecule has 0 amide bonds. The Hall–Kier alpha value is -1.64. The van der Waals surface area contributed by atoms with E-state index in [0.29, 0.717) is 0 Å². The van der Waals surface area contributed by atoms with E-state index in [1.165, 1.54) is 22.3 Å².